The number of pyridine rings is 1. The molecular formula is C23H33N5O. The molecule has 2 atom stereocenters. The van der Waals surface area contributed by atoms with Crippen LogP contribution in [0.4, 0.5) is 5.82 Å². The second kappa shape index (κ2) is 8.76. The lowest BCUT2D eigenvalue weighted by Gasteiger charge is -2.40. The first-order valence-corrected chi connectivity index (χ1v) is 10.9. The molecule has 0 spiro atoms. The first-order valence-electron chi connectivity index (χ1n) is 10.9. The normalized spacial score (nSPS) is 24.1. The van der Waals surface area contributed by atoms with Gasteiger partial charge in [0.2, 0.25) is 0 Å². The van der Waals surface area contributed by atoms with Crippen molar-refractivity contribution in [1.29, 1.82) is 0 Å². The number of nitrogens with zero attached hydrogens (tertiary/aromatic N) is 5. The first kappa shape index (κ1) is 20.2. The van der Waals surface area contributed by atoms with Crippen LogP contribution in [0.2, 0.25) is 0 Å². The van der Waals surface area contributed by atoms with Crippen LogP contribution in [0.15, 0.2) is 24.4 Å². The Morgan fingerprint density at radius 1 is 1.03 bits per heavy atom. The fourth-order valence-corrected chi connectivity index (χ4v) is 4.66. The van der Waals surface area contributed by atoms with Crippen LogP contribution in [0, 0.1) is 19.8 Å². The summed E-state index contributed by atoms with van der Waals surface area (Å²) < 4.78 is 5.88. The van der Waals surface area contributed by atoms with Gasteiger partial charge >= 0.3 is 0 Å². The van der Waals surface area contributed by atoms with Gasteiger partial charge in [-0.25, -0.2) is 9.97 Å². The number of aryl methyl sites for hydroxylation is 1. The second-order valence-electron chi connectivity index (χ2n) is 8.70. The van der Waals surface area contributed by atoms with Gasteiger partial charge in [-0.3, -0.25) is 9.88 Å². The van der Waals surface area contributed by atoms with Crippen LogP contribution in [0.1, 0.15) is 37.9 Å². The number of hydrogen-bond acceptors (Lipinski definition) is 6. The number of ether oxygens (including phenoxy) is 1. The van der Waals surface area contributed by atoms with Crippen molar-refractivity contribution in [2.45, 2.75) is 52.7 Å². The molecular weight excluding hydrogens is 362 g/mol. The number of rotatable bonds is 4. The zero-order chi connectivity index (χ0) is 20.4. The lowest BCUT2D eigenvalue weighted by Crippen LogP contribution is -2.48. The molecule has 4 heterocycles. The third-order valence-corrected chi connectivity index (χ3v) is 6.18. The Balaban J connectivity index is 1.42. The van der Waals surface area contributed by atoms with Gasteiger partial charge < -0.3 is 9.64 Å². The molecule has 2 aliphatic heterocycles. The summed E-state index contributed by atoms with van der Waals surface area (Å²) in [7, 11) is 0. The molecule has 0 aromatic carbocycles. The summed E-state index contributed by atoms with van der Waals surface area (Å²) in [5.74, 6) is 2.55. The maximum absolute atomic E-state index is 5.88. The third kappa shape index (κ3) is 4.75. The minimum atomic E-state index is 0.343. The van der Waals surface area contributed by atoms with Gasteiger partial charge in [0.1, 0.15) is 11.5 Å². The molecule has 0 radical (unpaired) electrons. The number of piperidine rings is 1. The Hall–Kier alpha value is -2.05. The lowest BCUT2D eigenvalue weighted by molar-refractivity contribution is -0.0720. The highest BCUT2D eigenvalue weighted by molar-refractivity contribution is 5.57. The van der Waals surface area contributed by atoms with Crippen molar-refractivity contribution in [3.8, 4) is 11.5 Å². The fourth-order valence-electron chi connectivity index (χ4n) is 4.66. The Kier molecular flexibility index (Phi) is 6.11. The van der Waals surface area contributed by atoms with E-state index in [4.69, 9.17) is 9.72 Å². The molecule has 0 saturated carbocycles. The zero-order valence-electron chi connectivity index (χ0n) is 18.1. The Morgan fingerprint density at radius 3 is 2.41 bits per heavy atom. The molecule has 0 bridgehead atoms. The standard InChI is InChI=1S/C23H33N5O/c1-16-13-27(14-17(2)29-16)15-20-8-11-28(12-9-20)23-18(3)19(4)25-22(26-23)21-7-5-6-10-24-21/h5-7,10,16-17,20H,8-9,11-15H2,1-4H3. The molecule has 2 unspecified atom stereocenters. The van der Waals surface area contributed by atoms with Gasteiger partial charge in [0.05, 0.1) is 12.2 Å². The summed E-state index contributed by atoms with van der Waals surface area (Å²) >= 11 is 0. The van der Waals surface area contributed by atoms with Gasteiger partial charge in [-0.05, 0) is 58.6 Å². The molecule has 6 nitrogen and oxygen atoms in total. The highest BCUT2D eigenvalue weighted by Crippen LogP contribution is 2.28. The van der Waals surface area contributed by atoms with Gasteiger partial charge in [-0.1, -0.05) is 6.07 Å². The summed E-state index contributed by atoms with van der Waals surface area (Å²) in [4.78, 5) is 19.1. The maximum Gasteiger partial charge on any atom is 0.180 e. The van der Waals surface area contributed by atoms with Crippen LogP contribution < -0.4 is 4.90 Å². The number of morpholine rings is 1. The summed E-state index contributed by atoms with van der Waals surface area (Å²) in [6.07, 6.45) is 4.90. The van der Waals surface area contributed by atoms with E-state index < -0.39 is 0 Å². The van der Waals surface area contributed by atoms with Gasteiger partial charge in [-0.15, -0.1) is 0 Å². The van der Waals surface area contributed by atoms with Crippen LogP contribution in [0.3, 0.4) is 0 Å². The number of hydrogen-bond donors (Lipinski definition) is 0. The van der Waals surface area contributed by atoms with E-state index in [-0.39, 0.29) is 0 Å². The van der Waals surface area contributed by atoms with Crippen molar-refractivity contribution < 1.29 is 4.74 Å². The van der Waals surface area contributed by atoms with Gasteiger partial charge in [0.15, 0.2) is 5.82 Å². The SMILES string of the molecule is Cc1nc(-c2ccccn2)nc(N2CCC(CN3CC(C)OC(C)C3)CC2)c1C. The monoisotopic (exact) mass is 395 g/mol. The molecule has 0 N–H and O–H groups in total. The van der Waals surface area contributed by atoms with E-state index in [0.29, 0.717) is 12.2 Å². The van der Waals surface area contributed by atoms with E-state index in [1.54, 1.807) is 6.20 Å². The van der Waals surface area contributed by atoms with E-state index in [9.17, 15) is 0 Å². The third-order valence-electron chi connectivity index (χ3n) is 6.18. The van der Waals surface area contributed by atoms with E-state index in [1.807, 2.05) is 18.2 Å². The Bertz CT molecular complexity index is 810. The molecule has 2 aliphatic rings. The predicted molar refractivity (Wildman–Crippen MR) is 116 cm³/mol. The van der Waals surface area contributed by atoms with Crippen molar-refractivity contribution in [2.24, 2.45) is 5.92 Å². The van der Waals surface area contributed by atoms with E-state index >= 15 is 0 Å². The van der Waals surface area contributed by atoms with Crippen LogP contribution in [0.5, 0.6) is 0 Å². The Morgan fingerprint density at radius 2 is 1.76 bits per heavy atom. The van der Waals surface area contributed by atoms with E-state index in [2.05, 4.69) is 47.5 Å². The van der Waals surface area contributed by atoms with Crippen LogP contribution in [0.25, 0.3) is 11.5 Å². The highest BCUT2D eigenvalue weighted by Gasteiger charge is 2.28. The minimum absolute atomic E-state index is 0.343. The van der Waals surface area contributed by atoms with Gasteiger partial charge in [0, 0.05) is 50.2 Å². The van der Waals surface area contributed by atoms with E-state index in [0.717, 1.165) is 55.1 Å². The quantitative estimate of drug-likeness (QED) is 0.790. The molecule has 4 rings (SSSR count). The van der Waals surface area contributed by atoms with Gasteiger partial charge in [0.25, 0.3) is 0 Å². The van der Waals surface area contributed by atoms with Crippen molar-refractivity contribution >= 4 is 5.82 Å². The number of aromatic nitrogens is 3. The van der Waals surface area contributed by atoms with Crippen LogP contribution >= 0.6 is 0 Å². The summed E-state index contributed by atoms with van der Waals surface area (Å²) in [6, 6.07) is 5.88. The molecule has 6 heteroatoms. The van der Waals surface area contributed by atoms with Crippen molar-refractivity contribution in [2.75, 3.05) is 37.6 Å². The summed E-state index contributed by atoms with van der Waals surface area (Å²) in [5.41, 5.74) is 3.05. The summed E-state index contributed by atoms with van der Waals surface area (Å²) in [6.45, 7) is 14.0. The molecule has 2 aromatic rings. The van der Waals surface area contributed by atoms with Crippen LogP contribution in [-0.4, -0.2) is 64.8 Å². The maximum atomic E-state index is 5.88. The Labute approximate surface area is 174 Å². The van der Waals surface area contributed by atoms with Crippen LogP contribution in [-0.2, 0) is 4.74 Å². The highest BCUT2D eigenvalue weighted by atomic mass is 16.5. The van der Waals surface area contributed by atoms with Gasteiger partial charge in [-0.2, -0.15) is 0 Å². The van der Waals surface area contributed by atoms with Crippen molar-refractivity contribution in [1.82, 2.24) is 19.9 Å². The fraction of sp³-hybridized carbons (Fsp3) is 0.609. The topological polar surface area (TPSA) is 54.4 Å². The molecule has 29 heavy (non-hydrogen) atoms. The average molecular weight is 396 g/mol. The van der Waals surface area contributed by atoms with E-state index in [1.165, 1.54) is 24.9 Å². The van der Waals surface area contributed by atoms with Crippen molar-refractivity contribution in [3.63, 3.8) is 0 Å². The number of anilines is 1. The molecule has 0 aliphatic carbocycles. The largest absolute Gasteiger partial charge is 0.373 e. The lowest BCUT2D eigenvalue weighted by atomic mass is 9.95. The zero-order valence-corrected chi connectivity index (χ0v) is 18.1. The molecule has 2 aromatic heterocycles. The minimum Gasteiger partial charge on any atom is -0.373 e. The molecule has 156 valence electrons. The predicted octanol–water partition coefficient (Wildman–Crippen LogP) is 3.48. The molecule has 2 saturated heterocycles. The second-order valence-corrected chi connectivity index (χ2v) is 8.70. The van der Waals surface area contributed by atoms with Crippen molar-refractivity contribution in [3.05, 3.63) is 35.7 Å². The summed E-state index contributed by atoms with van der Waals surface area (Å²) in [5, 5.41) is 0. The molecule has 0 amide bonds. The smallest absolute Gasteiger partial charge is 0.180 e. The molecule has 2 fully saturated rings. The average Bonchev–Trinajstić information content (AvgIpc) is 2.70. The first-order chi connectivity index (χ1) is 14.0.